The van der Waals surface area contributed by atoms with Gasteiger partial charge in [0.2, 0.25) is 0 Å². The first-order chi connectivity index (χ1) is 33.0. The Kier molecular flexibility index (Phi) is 8.53. The lowest BCUT2D eigenvalue weighted by atomic mass is 9.83. The molecule has 0 atom stereocenters. The van der Waals surface area contributed by atoms with Gasteiger partial charge in [0.15, 0.2) is 0 Å². The molecule has 0 bridgehead atoms. The Morgan fingerprint density at radius 1 is 0.397 bits per heavy atom. The van der Waals surface area contributed by atoms with Crippen molar-refractivity contribution in [2.75, 3.05) is 0 Å². The smallest absolute Gasteiger partial charge is 0.0991 e. The maximum Gasteiger partial charge on any atom is 0.0991 e. The second kappa shape index (κ2) is 14.4. The van der Waals surface area contributed by atoms with Gasteiger partial charge in [0.1, 0.15) is 0 Å². The fraction of sp³-hybridized carbons (Fsp3) is 0.141. The van der Waals surface area contributed by atoms with Crippen molar-refractivity contribution in [3.8, 4) is 34.3 Å². The summed E-state index contributed by atoms with van der Waals surface area (Å²) in [5.74, 6) is -0.0859. The van der Waals surface area contributed by atoms with Gasteiger partial charge in [-0.25, -0.2) is 0 Å². The van der Waals surface area contributed by atoms with Crippen LogP contribution in [0.2, 0.25) is 0 Å². The molecular weight excluding hydrogens is 825 g/mol. The van der Waals surface area contributed by atoms with Gasteiger partial charge >= 0.3 is 0 Å². The van der Waals surface area contributed by atoms with Crippen molar-refractivity contribution in [1.29, 1.82) is 5.26 Å². The van der Waals surface area contributed by atoms with Gasteiger partial charge in [-0.15, -0.1) is 0 Å². The molecule has 1 aliphatic rings. The van der Waals surface area contributed by atoms with Crippen LogP contribution in [0.15, 0.2) is 188 Å². The molecule has 12 aromatic rings. The molecule has 13 rings (SSSR count). The largest absolute Gasteiger partial charge is 0.309 e. The minimum Gasteiger partial charge on any atom is -0.309 e. The molecule has 3 heterocycles. The highest BCUT2D eigenvalue weighted by Gasteiger charge is 2.35. The number of nitriles is 1. The molecule has 3 aromatic heterocycles. The minimum absolute atomic E-state index is 0.0118. The number of para-hydroxylation sites is 4. The molecule has 0 saturated heterocycles. The average Bonchev–Trinajstić information content (AvgIpc) is 4.08. The Morgan fingerprint density at radius 3 is 1.38 bits per heavy atom. The summed E-state index contributed by atoms with van der Waals surface area (Å²) in [6.07, 6.45) is 0. The molecule has 0 spiro atoms. The van der Waals surface area contributed by atoms with Crippen molar-refractivity contribution in [2.45, 2.75) is 58.3 Å². The summed E-state index contributed by atoms with van der Waals surface area (Å²) in [5.41, 5.74) is 19.8. The number of hydrogen-bond acceptors (Lipinski definition) is 1. The van der Waals surface area contributed by atoms with Gasteiger partial charge in [0.05, 0.1) is 50.4 Å². The number of nitrogens with zero attached hydrogens (tertiary/aromatic N) is 4. The zero-order chi connectivity index (χ0) is 46.2. The summed E-state index contributed by atoms with van der Waals surface area (Å²) < 4.78 is 7.43. The van der Waals surface area contributed by atoms with Gasteiger partial charge < -0.3 is 13.7 Å². The Hall–Kier alpha value is -8.13. The third-order valence-electron chi connectivity index (χ3n) is 14.8. The number of benzene rings is 9. The quantitative estimate of drug-likeness (QED) is 0.174. The van der Waals surface area contributed by atoms with Crippen LogP contribution >= 0.6 is 0 Å². The van der Waals surface area contributed by atoms with Crippen molar-refractivity contribution >= 4 is 65.4 Å². The molecule has 0 saturated carbocycles. The van der Waals surface area contributed by atoms with Gasteiger partial charge in [-0.05, 0) is 117 Å². The van der Waals surface area contributed by atoms with Crippen molar-refractivity contribution in [3.05, 3.63) is 221 Å². The van der Waals surface area contributed by atoms with Crippen molar-refractivity contribution in [1.82, 2.24) is 13.7 Å². The molecular formula is C64H50N4. The zero-order valence-electron chi connectivity index (χ0n) is 39.3. The van der Waals surface area contributed by atoms with Crippen LogP contribution in [0, 0.1) is 11.3 Å². The fourth-order valence-corrected chi connectivity index (χ4v) is 11.6. The SMILES string of the molecule is CC(C)(C)c1ccc2c(c1)-c1cc(C(C)(C)C)ccc1C2c1cc(C#N)ccc1-n1c2ccccc2c2c1ccc1c3ccc4c(c5ccccc5n4-c4ccccc4)c3n(-c3ccccc3)c12. The molecule has 0 radical (unpaired) electrons. The van der Waals surface area contributed by atoms with Crippen LogP contribution < -0.4 is 0 Å². The molecule has 68 heavy (non-hydrogen) atoms. The maximum atomic E-state index is 10.6. The molecule has 4 heteroatoms. The van der Waals surface area contributed by atoms with Crippen molar-refractivity contribution < 1.29 is 0 Å². The lowest BCUT2D eigenvalue weighted by molar-refractivity contribution is 0.589. The molecule has 0 fully saturated rings. The van der Waals surface area contributed by atoms with E-state index in [9.17, 15) is 5.26 Å². The lowest BCUT2D eigenvalue weighted by Gasteiger charge is -2.23. The molecule has 1 aliphatic carbocycles. The Bertz CT molecular complexity index is 4040. The fourth-order valence-electron chi connectivity index (χ4n) is 11.6. The summed E-state index contributed by atoms with van der Waals surface area (Å²) in [5, 5.41) is 17.8. The van der Waals surface area contributed by atoms with E-state index in [2.05, 4.69) is 243 Å². The number of rotatable bonds is 4. The van der Waals surface area contributed by atoms with Gasteiger partial charge in [-0.2, -0.15) is 5.26 Å². The highest BCUT2D eigenvalue weighted by Crippen LogP contribution is 2.53. The monoisotopic (exact) mass is 874 g/mol. The van der Waals surface area contributed by atoms with E-state index in [-0.39, 0.29) is 16.7 Å². The van der Waals surface area contributed by atoms with E-state index in [1.807, 2.05) is 6.07 Å². The Labute approximate surface area is 396 Å². The van der Waals surface area contributed by atoms with E-state index in [0.29, 0.717) is 5.56 Å². The van der Waals surface area contributed by atoms with Crippen LogP contribution in [0.3, 0.4) is 0 Å². The highest BCUT2D eigenvalue weighted by atomic mass is 15.0. The number of fused-ring (bicyclic) bond motifs is 14. The van der Waals surface area contributed by atoms with Gasteiger partial charge in [0, 0.05) is 49.6 Å². The summed E-state index contributed by atoms with van der Waals surface area (Å²) in [4.78, 5) is 0. The second-order valence-electron chi connectivity index (χ2n) is 20.8. The lowest BCUT2D eigenvalue weighted by Crippen LogP contribution is -2.11. The number of hydrogen-bond donors (Lipinski definition) is 0. The van der Waals surface area contributed by atoms with Gasteiger partial charge in [0.25, 0.3) is 0 Å². The first-order valence-corrected chi connectivity index (χ1v) is 23.9. The maximum absolute atomic E-state index is 10.6. The van der Waals surface area contributed by atoms with Gasteiger partial charge in [-0.1, -0.05) is 163 Å². The van der Waals surface area contributed by atoms with Crippen LogP contribution in [-0.2, 0) is 10.8 Å². The topological polar surface area (TPSA) is 38.6 Å². The molecule has 0 amide bonds. The van der Waals surface area contributed by atoms with E-state index in [0.717, 1.165) is 33.7 Å². The normalized spacial score (nSPS) is 13.1. The summed E-state index contributed by atoms with van der Waals surface area (Å²) in [6.45, 7) is 13.8. The van der Waals surface area contributed by atoms with Crippen LogP contribution in [-0.4, -0.2) is 13.7 Å². The zero-order valence-corrected chi connectivity index (χ0v) is 39.3. The van der Waals surface area contributed by atoms with E-state index < -0.39 is 0 Å². The molecule has 0 unspecified atom stereocenters. The standard InChI is InChI=1S/C64H50N4/c1-63(2,3)40-26-28-44-50(36-40)51-37-41(64(4,5)6)27-29-45(51)58(44)52-35-39(38-65)25-32-55(52)68-54-24-16-14-22-49(54)60-57(68)34-31-47-46-30-33-56-59(61(46)67(62(47)60)43-19-11-8-12-20-43)48-21-13-15-23-53(48)66(56)42-17-9-7-10-18-42/h7-37,58H,1-6H3. The van der Waals surface area contributed by atoms with Crippen LogP contribution in [0.1, 0.15) is 80.8 Å². The average molecular weight is 875 g/mol. The predicted octanol–water partition coefficient (Wildman–Crippen LogP) is 16.6. The second-order valence-corrected chi connectivity index (χ2v) is 20.8. The van der Waals surface area contributed by atoms with Crippen molar-refractivity contribution in [3.63, 3.8) is 0 Å². The Morgan fingerprint density at radius 2 is 0.868 bits per heavy atom. The summed E-state index contributed by atoms with van der Waals surface area (Å²) in [6, 6.07) is 71.9. The molecule has 9 aromatic carbocycles. The van der Waals surface area contributed by atoms with E-state index in [1.54, 1.807) is 0 Å². The van der Waals surface area contributed by atoms with Crippen LogP contribution in [0.4, 0.5) is 0 Å². The van der Waals surface area contributed by atoms with E-state index in [1.165, 1.54) is 87.8 Å². The van der Waals surface area contributed by atoms with Gasteiger partial charge in [-0.3, -0.25) is 0 Å². The summed E-state index contributed by atoms with van der Waals surface area (Å²) in [7, 11) is 0. The minimum atomic E-state index is -0.0859. The molecule has 4 nitrogen and oxygen atoms in total. The van der Waals surface area contributed by atoms with Crippen LogP contribution in [0.25, 0.3) is 93.6 Å². The molecule has 0 N–H and O–H groups in total. The first kappa shape index (κ1) is 40.2. The first-order valence-electron chi connectivity index (χ1n) is 23.9. The van der Waals surface area contributed by atoms with E-state index in [4.69, 9.17) is 0 Å². The van der Waals surface area contributed by atoms with Crippen molar-refractivity contribution in [2.24, 2.45) is 0 Å². The highest BCUT2D eigenvalue weighted by molar-refractivity contribution is 6.31. The molecule has 326 valence electrons. The molecule has 0 aliphatic heterocycles. The third kappa shape index (κ3) is 5.72. The Balaban J connectivity index is 1.15. The van der Waals surface area contributed by atoms with Crippen LogP contribution in [0.5, 0.6) is 0 Å². The third-order valence-corrected chi connectivity index (χ3v) is 14.8. The van der Waals surface area contributed by atoms with E-state index >= 15 is 0 Å². The predicted molar refractivity (Wildman–Crippen MR) is 284 cm³/mol. The number of aromatic nitrogens is 3. The summed E-state index contributed by atoms with van der Waals surface area (Å²) >= 11 is 0.